The zero-order valence-electron chi connectivity index (χ0n) is 13.5. The average molecular weight is 408 g/mol. The van der Waals surface area contributed by atoms with Crippen molar-refractivity contribution < 1.29 is 35.2 Å². The Bertz CT molecular complexity index is 998. The van der Waals surface area contributed by atoms with E-state index >= 15 is 0 Å². The molecule has 3 rings (SSSR count). The minimum absolute atomic E-state index is 0.0550. The number of hydrogen-bond acceptors (Lipinski definition) is 3. The summed E-state index contributed by atoms with van der Waals surface area (Å²) < 4.78 is 91.6. The van der Waals surface area contributed by atoms with Gasteiger partial charge in [0.2, 0.25) is 0 Å². The van der Waals surface area contributed by atoms with E-state index in [2.05, 4.69) is 4.98 Å². The third-order valence-corrected chi connectivity index (χ3v) is 5.63. The lowest BCUT2D eigenvalue weighted by Gasteiger charge is -2.12. The molecule has 27 heavy (non-hydrogen) atoms. The van der Waals surface area contributed by atoms with E-state index in [1.807, 2.05) is 0 Å². The molecular weight excluding hydrogens is 395 g/mol. The van der Waals surface area contributed by atoms with Crippen LogP contribution in [0.2, 0.25) is 0 Å². The molecule has 1 aliphatic carbocycles. The molecule has 1 fully saturated rings. The fourth-order valence-corrected chi connectivity index (χ4v) is 3.97. The normalized spacial score (nSPS) is 18.1. The van der Waals surface area contributed by atoms with Crippen molar-refractivity contribution >= 4 is 21.5 Å². The molecule has 2 N–H and O–H groups in total. The van der Waals surface area contributed by atoms with Gasteiger partial charge in [-0.25, -0.2) is 17.2 Å². The Morgan fingerprint density at radius 1 is 1.11 bits per heavy atom. The summed E-state index contributed by atoms with van der Waals surface area (Å²) in [4.78, 5) is 13.8. The number of sulfonamides is 1. The summed E-state index contributed by atoms with van der Waals surface area (Å²) in [6, 6.07) is 1.28. The molecule has 2 aromatic rings. The number of carbonyl (C=O) groups excluding carboxylic acids is 1. The van der Waals surface area contributed by atoms with Gasteiger partial charge < -0.3 is 4.98 Å². The lowest BCUT2D eigenvalue weighted by Crippen LogP contribution is -2.15. The van der Waals surface area contributed by atoms with Gasteiger partial charge in [0, 0.05) is 36.7 Å². The van der Waals surface area contributed by atoms with Gasteiger partial charge in [0.1, 0.15) is 22.3 Å². The molecule has 0 spiro atoms. The van der Waals surface area contributed by atoms with Crippen LogP contribution >= 0.6 is 0 Å². The fourth-order valence-electron chi connectivity index (χ4n) is 2.91. The second-order valence-corrected chi connectivity index (χ2v) is 7.87. The predicted molar refractivity (Wildman–Crippen MR) is 84.6 cm³/mol. The highest BCUT2D eigenvalue weighted by atomic mass is 32.2. The molecule has 0 amide bonds. The van der Waals surface area contributed by atoms with Crippen molar-refractivity contribution in [3.05, 3.63) is 47.3 Å². The Balaban J connectivity index is 1.86. The first kappa shape index (κ1) is 19.3. The number of nitrogens with one attached hydrogen (secondary N) is 2. The smallest absolute Gasteiger partial charge is 0.363 e. The molecule has 1 unspecified atom stereocenters. The molecule has 5 nitrogen and oxygen atoms in total. The van der Waals surface area contributed by atoms with E-state index in [4.69, 9.17) is 0 Å². The molecular formula is C16H13F5N2O3S. The summed E-state index contributed by atoms with van der Waals surface area (Å²) in [7, 11) is -4.38. The summed E-state index contributed by atoms with van der Waals surface area (Å²) in [5, 5.41) is 0. The summed E-state index contributed by atoms with van der Waals surface area (Å²) in [5.41, 5.74) is -2.28. The van der Waals surface area contributed by atoms with Crippen molar-refractivity contribution in [2.24, 2.45) is 0 Å². The van der Waals surface area contributed by atoms with E-state index in [1.54, 1.807) is 4.72 Å². The Kier molecular flexibility index (Phi) is 4.74. The standard InChI is InChI=1S/C16H13F5N2O3S/c17-12-6-15(13(18)5-11(12)16(19,20)21)23-27(25,26)10-4-14(22-7-10)8-1-2-9(24)3-8/h4-8,22-23H,1-3H2. The Morgan fingerprint density at radius 3 is 2.41 bits per heavy atom. The maximum absolute atomic E-state index is 13.9. The molecule has 0 saturated heterocycles. The maximum atomic E-state index is 13.9. The molecule has 0 bridgehead atoms. The number of ketones is 1. The van der Waals surface area contributed by atoms with Crippen LogP contribution in [0, 0.1) is 11.6 Å². The summed E-state index contributed by atoms with van der Waals surface area (Å²) in [6.07, 6.45) is -2.79. The molecule has 1 heterocycles. The molecule has 1 saturated carbocycles. The second kappa shape index (κ2) is 6.63. The van der Waals surface area contributed by atoms with Gasteiger partial charge >= 0.3 is 6.18 Å². The first-order chi connectivity index (χ1) is 12.5. The number of anilines is 1. The number of benzene rings is 1. The quantitative estimate of drug-likeness (QED) is 0.752. The number of halogens is 5. The molecule has 1 aliphatic rings. The van der Waals surface area contributed by atoms with Crippen LogP contribution in [-0.4, -0.2) is 19.2 Å². The van der Waals surface area contributed by atoms with E-state index in [-0.39, 0.29) is 35.2 Å². The lowest BCUT2D eigenvalue weighted by atomic mass is 10.1. The Labute approximate surface area is 150 Å². The van der Waals surface area contributed by atoms with Crippen LogP contribution in [0.5, 0.6) is 0 Å². The second-order valence-electron chi connectivity index (χ2n) is 6.18. The van der Waals surface area contributed by atoms with Crippen molar-refractivity contribution in [1.82, 2.24) is 4.98 Å². The van der Waals surface area contributed by atoms with E-state index in [1.165, 1.54) is 6.07 Å². The van der Waals surface area contributed by atoms with Gasteiger partial charge in [-0.1, -0.05) is 0 Å². The topological polar surface area (TPSA) is 79.0 Å². The largest absolute Gasteiger partial charge is 0.419 e. The lowest BCUT2D eigenvalue weighted by molar-refractivity contribution is -0.140. The van der Waals surface area contributed by atoms with Gasteiger partial charge in [-0.05, 0) is 18.6 Å². The van der Waals surface area contributed by atoms with Crippen molar-refractivity contribution in [3.8, 4) is 0 Å². The summed E-state index contributed by atoms with van der Waals surface area (Å²) >= 11 is 0. The zero-order chi connectivity index (χ0) is 20.0. The minimum atomic E-state index is -5.11. The van der Waals surface area contributed by atoms with E-state index in [0.29, 0.717) is 18.5 Å². The first-order valence-corrected chi connectivity index (χ1v) is 9.25. The van der Waals surface area contributed by atoms with Crippen LogP contribution in [0.3, 0.4) is 0 Å². The van der Waals surface area contributed by atoms with Crippen LogP contribution < -0.4 is 4.72 Å². The van der Waals surface area contributed by atoms with E-state index < -0.39 is 39.1 Å². The number of aromatic amines is 1. The third-order valence-electron chi connectivity index (χ3n) is 4.28. The molecule has 11 heteroatoms. The van der Waals surface area contributed by atoms with Crippen molar-refractivity contribution in [2.75, 3.05) is 4.72 Å². The molecule has 1 aromatic heterocycles. The van der Waals surface area contributed by atoms with Gasteiger partial charge in [-0.15, -0.1) is 0 Å². The zero-order valence-corrected chi connectivity index (χ0v) is 14.3. The number of aromatic nitrogens is 1. The molecule has 0 aliphatic heterocycles. The third kappa shape index (κ3) is 3.97. The van der Waals surface area contributed by atoms with Crippen LogP contribution in [0.15, 0.2) is 29.3 Å². The number of alkyl halides is 3. The molecule has 1 aromatic carbocycles. The highest BCUT2D eigenvalue weighted by Gasteiger charge is 2.35. The fraction of sp³-hybridized carbons (Fsp3) is 0.312. The average Bonchev–Trinajstić information content (AvgIpc) is 3.18. The minimum Gasteiger partial charge on any atom is -0.363 e. The number of rotatable bonds is 4. The predicted octanol–water partition coefficient (Wildman–Crippen LogP) is 3.95. The molecule has 0 radical (unpaired) electrons. The van der Waals surface area contributed by atoms with Gasteiger partial charge in [-0.3, -0.25) is 9.52 Å². The van der Waals surface area contributed by atoms with Crippen LogP contribution in [0.25, 0.3) is 0 Å². The highest BCUT2D eigenvalue weighted by molar-refractivity contribution is 7.92. The molecule has 1 atom stereocenters. The van der Waals surface area contributed by atoms with Gasteiger partial charge in [0.15, 0.2) is 0 Å². The monoisotopic (exact) mass is 408 g/mol. The summed E-state index contributed by atoms with van der Waals surface area (Å²) in [5.74, 6) is -3.48. The maximum Gasteiger partial charge on any atom is 0.419 e. The number of carbonyl (C=O) groups is 1. The molecule has 146 valence electrons. The van der Waals surface area contributed by atoms with Crippen molar-refractivity contribution in [3.63, 3.8) is 0 Å². The van der Waals surface area contributed by atoms with Gasteiger partial charge in [0.05, 0.1) is 11.3 Å². The van der Waals surface area contributed by atoms with Gasteiger partial charge in [0.25, 0.3) is 10.0 Å². The summed E-state index contributed by atoms with van der Waals surface area (Å²) in [6.45, 7) is 0. The van der Waals surface area contributed by atoms with Crippen LogP contribution in [0.4, 0.5) is 27.6 Å². The Hall–Kier alpha value is -2.43. The van der Waals surface area contributed by atoms with Crippen LogP contribution in [-0.2, 0) is 21.0 Å². The SMILES string of the molecule is O=C1CCC(c2cc(S(=O)(=O)Nc3cc(F)c(C(F)(F)F)cc3F)c[nH]2)C1. The Morgan fingerprint density at radius 2 is 1.81 bits per heavy atom. The number of Topliss-reactive ketones (excluding diaryl/α,β-unsaturated/α-hetero) is 1. The van der Waals surface area contributed by atoms with Crippen molar-refractivity contribution in [1.29, 1.82) is 0 Å². The van der Waals surface area contributed by atoms with Crippen LogP contribution in [0.1, 0.15) is 36.4 Å². The number of hydrogen-bond donors (Lipinski definition) is 2. The van der Waals surface area contributed by atoms with Crippen molar-refractivity contribution in [2.45, 2.75) is 36.3 Å². The van der Waals surface area contributed by atoms with Gasteiger partial charge in [-0.2, -0.15) is 13.2 Å². The van der Waals surface area contributed by atoms with E-state index in [9.17, 15) is 35.2 Å². The highest BCUT2D eigenvalue weighted by Crippen LogP contribution is 2.35. The first-order valence-electron chi connectivity index (χ1n) is 7.76. The van der Waals surface area contributed by atoms with E-state index in [0.717, 1.165) is 6.20 Å². The number of H-pyrrole nitrogens is 1.